The van der Waals surface area contributed by atoms with E-state index in [0.29, 0.717) is 22.2 Å². The third-order valence-corrected chi connectivity index (χ3v) is 4.75. The fraction of sp³-hybridized carbons (Fsp3) is 0.368. The molecule has 1 heterocycles. The van der Waals surface area contributed by atoms with Crippen LogP contribution >= 0.6 is 11.3 Å². The topological polar surface area (TPSA) is 107 Å². The van der Waals surface area contributed by atoms with Gasteiger partial charge in [0.15, 0.2) is 18.1 Å². The zero-order valence-electron chi connectivity index (χ0n) is 16.7. The van der Waals surface area contributed by atoms with Crippen molar-refractivity contribution in [3.05, 3.63) is 29.3 Å². The fourth-order valence-electron chi connectivity index (χ4n) is 2.22. The zero-order valence-corrected chi connectivity index (χ0v) is 17.5. The number of amides is 2. The number of esters is 1. The first kappa shape index (κ1) is 22.2. The maximum atomic E-state index is 11.9. The van der Waals surface area contributed by atoms with Crippen molar-refractivity contribution in [2.24, 2.45) is 0 Å². The lowest BCUT2D eigenvalue weighted by molar-refractivity contribution is -0.148. The zero-order chi connectivity index (χ0) is 21.4. The standard InChI is InChI=1S/C19H23N3O6S/c1-22(2)17(24)9-20-16(23)10-28-18(25)8-13-11-29-19(21-13)12-5-6-14(26-3)15(7-12)27-4/h5-7,11H,8-10H2,1-4H3,(H,20,23). The molecule has 2 amide bonds. The Morgan fingerprint density at radius 2 is 1.86 bits per heavy atom. The van der Waals surface area contributed by atoms with Gasteiger partial charge >= 0.3 is 5.97 Å². The molecule has 156 valence electrons. The van der Waals surface area contributed by atoms with E-state index in [1.165, 1.54) is 16.2 Å². The number of ether oxygens (including phenoxy) is 3. The van der Waals surface area contributed by atoms with E-state index in [4.69, 9.17) is 14.2 Å². The largest absolute Gasteiger partial charge is 0.493 e. The van der Waals surface area contributed by atoms with Gasteiger partial charge in [0.25, 0.3) is 5.91 Å². The number of hydrogen-bond acceptors (Lipinski definition) is 8. The molecule has 0 aliphatic rings. The van der Waals surface area contributed by atoms with E-state index in [0.717, 1.165) is 5.56 Å². The predicted octanol–water partition coefficient (Wildman–Crippen LogP) is 1.12. The molecule has 1 aromatic heterocycles. The van der Waals surface area contributed by atoms with Crippen molar-refractivity contribution in [3.63, 3.8) is 0 Å². The second-order valence-electron chi connectivity index (χ2n) is 6.12. The van der Waals surface area contributed by atoms with Gasteiger partial charge in [-0.25, -0.2) is 4.98 Å². The molecule has 0 spiro atoms. The third-order valence-electron chi connectivity index (χ3n) is 3.81. The molecule has 0 unspecified atom stereocenters. The molecule has 2 aromatic rings. The van der Waals surface area contributed by atoms with Crippen molar-refractivity contribution in [2.45, 2.75) is 6.42 Å². The number of aromatic nitrogens is 1. The molecule has 9 nitrogen and oxygen atoms in total. The van der Waals surface area contributed by atoms with E-state index in [9.17, 15) is 14.4 Å². The molecular weight excluding hydrogens is 398 g/mol. The first-order valence-electron chi connectivity index (χ1n) is 8.63. The highest BCUT2D eigenvalue weighted by Gasteiger charge is 2.14. The number of benzene rings is 1. The summed E-state index contributed by atoms with van der Waals surface area (Å²) in [6.07, 6.45) is -0.0618. The van der Waals surface area contributed by atoms with Crippen molar-refractivity contribution < 1.29 is 28.6 Å². The molecule has 1 aromatic carbocycles. The Labute approximate surface area is 172 Å². The quantitative estimate of drug-likeness (QED) is 0.605. The van der Waals surface area contributed by atoms with Crippen molar-refractivity contribution >= 4 is 29.1 Å². The van der Waals surface area contributed by atoms with Crippen molar-refractivity contribution in [1.29, 1.82) is 0 Å². The first-order valence-corrected chi connectivity index (χ1v) is 9.51. The minimum absolute atomic E-state index is 0.0618. The van der Waals surface area contributed by atoms with Gasteiger partial charge in [-0.05, 0) is 18.2 Å². The third kappa shape index (κ3) is 6.46. The van der Waals surface area contributed by atoms with Gasteiger partial charge in [0.1, 0.15) is 5.01 Å². The maximum Gasteiger partial charge on any atom is 0.312 e. The molecule has 0 saturated heterocycles. The van der Waals surface area contributed by atoms with Crippen LogP contribution in [0.3, 0.4) is 0 Å². The lowest BCUT2D eigenvalue weighted by Crippen LogP contribution is -2.38. The maximum absolute atomic E-state index is 11.9. The van der Waals surface area contributed by atoms with Crippen LogP contribution in [0, 0.1) is 0 Å². The van der Waals surface area contributed by atoms with Crippen LogP contribution in [0.15, 0.2) is 23.6 Å². The van der Waals surface area contributed by atoms with Crippen molar-refractivity contribution in [2.75, 3.05) is 41.5 Å². The highest BCUT2D eigenvalue weighted by atomic mass is 32.1. The van der Waals surface area contributed by atoms with Crippen LogP contribution in [-0.2, 0) is 25.5 Å². The molecule has 1 N–H and O–H groups in total. The summed E-state index contributed by atoms with van der Waals surface area (Å²) in [5, 5.41) is 4.86. The van der Waals surface area contributed by atoms with Gasteiger partial charge in [-0.15, -0.1) is 11.3 Å². The summed E-state index contributed by atoms with van der Waals surface area (Å²) < 4.78 is 15.4. The number of methoxy groups -OCH3 is 2. The average Bonchev–Trinajstić information content (AvgIpc) is 3.18. The van der Waals surface area contributed by atoms with Crippen LogP contribution in [0.1, 0.15) is 5.69 Å². The number of rotatable bonds is 9. The number of carbonyl (C=O) groups is 3. The summed E-state index contributed by atoms with van der Waals surface area (Å²) in [4.78, 5) is 40.8. The lowest BCUT2D eigenvalue weighted by atomic mass is 10.2. The van der Waals surface area contributed by atoms with Crippen LogP contribution in [0.4, 0.5) is 0 Å². The van der Waals surface area contributed by atoms with E-state index in [2.05, 4.69) is 10.3 Å². The van der Waals surface area contributed by atoms with E-state index in [1.54, 1.807) is 45.8 Å². The van der Waals surface area contributed by atoms with E-state index in [1.807, 2.05) is 6.07 Å². The average molecular weight is 421 g/mol. The molecular formula is C19H23N3O6S. The number of likely N-dealkylation sites (N-methyl/N-ethyl adjacent to an activating group) is 1. The highest BCUT2D eigenvalue weighted by Crippen LogP contribution is 2.33. The van der Waals surface area contributed by atoms with Crippen LogP contribution in [-0.4, -0.2) is 69.1 Å². The highest BCUT2D eigenvalue weighted by molar-refractivity contribution is 7.13. The first-order chi connectivity index (χ1) is 13.8. The summed E-state index contributed by atoms with van der Waals surface area (Å²) in [6.45, 7) is -0.601. The van der Waals surface area contributed by atoms with Gasteiger partial charge in [0.05, 0.1) is 32.9 Å². The lowest BCUT2D eigenvalue weighted by Gasteiger charge is -2.10. The Morgan fingerprint density at radius 1 is 1.14 bits per heavy atom. The van der Waals surface area contributed by atoms with E-state index >= 15 is 0 Å². The van der Waals surface area contributed by atoms with Crippen LogP contribution in [0.25, 0.3) is 10.6 Å². The molecule has 10 heteroatoms. The molecule has 0 aliphatic heterocycles. The number of carbonyl (C=O) groups excluding carboxylic acids is 3. The SMILES string of the molecule is COc1ccc(-c2nc(CC(=O)OCC(=O)NCC(=O)N(C)C)cs2)cc1OC. The van der Waals surface area contributed by atoms with Crippen LogP contribution < -0.4 is 14.8 Å². The minimum Gasteiger partial charge on any atom is -0.493 e. The monoisotopic (exact) mass is 421 g/mol. The molecule has 0 atom stereocenters. The summed E-state index contributed by atoms with van der Waals surface area (Å²) in [5.74, 6) is -0.182. The van der Waals surface area contributed by atoms with E-state index < -0.39 is 18.5 Å². The second kappa shape index (κ2) is 10.4. The Balaban J connectivity index is 1.87. The van der Waals surface area contributed by atoms with Gasteiger partial charge in [-0.3, -0.25) is 14.4 Å². The minimum atomic E-state index is -0.580. The smallest absolute Gasteiger partial charge is 0.312 e. The van der Waals surface area contributed by atoms with Gasteiger partial charge in [-0.1, -0.05) is 0 Å². The number of thiazole rings is 1. The van der Waals surface area contributed by atoms with Gasteiger partial charge in [0.2, 0.25) is 5.91 Å². The number of hydrogen-bond donors (Lipinski definition) is 1. The Bertz CT molecular complexity index is 881. The molecule has 0 saturated carbocycles. The summed E-state index contributed by atoms with van der Waals surface area (Å²) >= 11 is 1.38. The summed E-state index contributed by atoms with van der Waals surface area (Å²) in [5.41, 5.74) is 1.37. The fourth-order valence-corrected chi connectivity index (χ4v) is 3.04. The predicted molar refractivity (Wildman–Crippen MR) is 107 cm³/mol. The van der Waals surface area contributed by atoms with Crippen molar-refractivity contribution in [1.82, 2.24) is 15.2 Å². The van der Waals surface area contributed by atoms with Gasteiger partial charge < -0.3 is 24.4 Å². The normalized spacial score (nSPS) is 10.2. The molecule has 29 heavy (non-hydrogen) atoms. The second-order valence-corrected chi connectivity index (χ2v) is 6.97. The Hall–Kier alpha value is -3.14. The van der Waals surface area contributed by atoms with Gasteiger partial charge in [0, 0.05) is 25.0 Å². The van der Waals surface area contributed by atoms with Crippen molar-refractivity contribution in [3.8, 4) is 22.1 Å². The molecule has 0 radical (unpaired) electrons. The van der Waals surface area contributed by atoms with Crippen LogP contribution in [0.5, 0.6) is 11.5 Å². The molecule has 2 rings (SSSR count). The van der Waals surface area contributed by atoms with E-state index in [-0.39, 0.29) is 18.9 Å². The van der Waals surface area contributed by atoms with Crippen LogP contribution in [0.2, 0.25) is 0 Å². The Kier molecular flexibility index (Phi) is 7.96. The number of nitrogens with zero attached hydrogens (tertiary/aromatic N) is 2. The van der Waals surface area contributed by atoms with Gasteiger partial charge in [-0.2, -0.15) is 0 Å². The summed E-state index contributed by atoms with van der Waals surface area (Å²) in [6, 6.07) is 5.43. The molecule has 0 bridgehead atoms. The molecule has 0 fully saturated rings. The Morgan fingerprint density at radius 3 is 2.52 bits per heavy atom. The molecule has 0 aliphatic carbocycles. The number of nitrogens with one attached hydrogen (secondary N) is 1. The summed E-state index contributed by atoms with van der Waals surface area (Å²) in [7, 11) is 6.28.